The molecule has 0 saturated heterocycles. The summed E-state index contributed by atoms with van der Waals surface area (Å²) in [6.45, 7) is 0. The minimum Gasteiger partial charge on any atom is -0.497 e. The predicted octanol–water partition coefficient (Wildman–Crippen LogP) is 6.06. The van der Waals surface area contributed by atoms with E-state index in [0.717, 1.165) is 30.3 Å². The van der Waals surface area contributed by atoms with E-state index in [-0.39, 0.29) is 22.9 Å². The van der Waals surface area contributed by atoms with Crippen molar-refractivity contribution in [1.82, 2.24) is 10.2 Å². The number of hydrogen-bond acceptors (Lipinski definition) is 6. The van der Waals surface area contributed by atoms with Crippen LogP contribution in [0.4, 0.5) is 24.5 Å². The number of alkyl halides is 3. The molecule has 36 heavy (non-hydrogen) atoms. The van der Waals surface area contributed by atoms with Crippen LogP contribution in [-0.2, 0) is 6.18 Å². The Morgan fingerprint density at radius 3 is 2.47 bits per heavy atom. The Labute approximate surface area is 201 Å². The number of aromatic amines is 1. The summed E-state index contributed by atoms with van der Waals surface area (Å²) in [7, 11) is 1.52. The zero-order valence-electron chi connectivity index (χ0n) is 18.5. The maximum Gasteiger partial charge on any atom is 0.416 e. The Hall–Kier alpha value is -4.87. The topological polar surface area (TPSA) is 119 Å². The van der Waals surface area contributed by atoms with E-state index in [1.54, 1.807) is 24.3 Å². The summed E-state index contributed by atoms with van der Waals surface area (Å²) in [5.74, 6) is -0.367. The lowest BCUT2D eigenvalue weighted by Gasteiger charge is -2.11. The molecule has 1 aromatic heterocycles. The molecule has 4 rings (SSSR count). The molecule has 0 spiro atoms. The molecule has 9 nitrogen and oxygen atoms in total. The van der Waals surface area contributed by atoms with Crippen LogP contribution in [-0.4, -0.2) is 28.1 Å². The zero-order chi connectivity index (χ0) is 25.9. The summed E-state index contributed by atoms with van der Waals surface area (Å²) in [4.78, 5) is 23.4. The van der Waals surface area contributed by atoms with Gasteiger partial charge in [-0.05, 0) is 36.4 Å². The number of ether oxygens (including phenoxy) is 2. The number of H-pyrrole nitrogens is 1. The number of amides is 1. The van der Waals surface area contributed by atoms with Crippen molar-refractivity contribution in [3.05, 3.63) is 94.2 Å². The number of aromatic nitrogens is 2. The molecule has 0 saturated carbocycles. The summed E-state index contributed by atoms with van der Waals surface area (Å²) in [6.07, 6.45) is -4.59. The van der Waals surface area contributed by atoms with Gasteiger partial charge in [-0.1, -0.05) is 18.2 Å². The fourth-order valence-corrected chi connectivity index (χ4v) is 3.26. The van der Waals surface area contributed by atoms with Gasteiger partial charge in [-0.25, -0.2) is 0 Å². The maximum absolute atomic E-state index is 13.0. The Bertz CT molecular complexity index is 1440. The Kier molecular flexibility index (Phi) is 6.59. The van der Waals surface area contributed by atoms with Gasteiger partial charge in [-0.3, -0.25) is 20.0 Å². The second kappa shape index (κ2) is 9.78. The van der Waals surface area contributed by atoms with Crippen LogP contribution in [0.3, 0.4) is 0 Å². The Morgan fingerprint density at radius 1 is 1.00 bits per heavy atom. The van der Waals surface area contributed by atoms with E-state index in [1.165, 1.54) is 25.3 Å². The van der Waals surface area contributed by atoms with Crippen molar-refractivity contribution in [3.63, 3.8) is 0 Å². The molecule has 184 valence electrons. The lowest BCUT2D eigenvalue weighted by molar-refractivity contribution is -0.384. The third-order valence-corrected chi connectivity index (χ3v) is 4.95. The fraction of sp³-hybridized carbons (Fsp3) is 0.0833. The van der Waals surface area contributed by atoms with Crippen molar-refractivity contribution in [2.45, 2.75) is 6.18 Å². The lowest BCUT2D eigenvalue weighted by atomic mass is 10.1. The molecule has 0 bridgehead atoms. The number of carbonyl (C=O) groups is 1. The SMILES string of the molecule is COc1cccc(-c2cc(C(=O)Nc3cc(Oc4cccc(C(F)(F)F)c4)cc([N+](=O)[O-])c3)[nH]n2)c1. The minimum absolute atomic E-state index is 0.00583. The number of halogens is 3. The van der Waals surface area contributed by atoms with Crippen molar-refractivity contribution in [2.24, 2.45) is 0 Å². The first-order chi connectivity index (χ1) is 17.1. The van der Waals surface area contributed by atoms with Crippen LogP contribution >= 0.6 is 0 Å². The predicted molar refractivity (Wildman–Crippen MR) is 123 cm³/mol. The number of benzene rings is 3. The average Bonchev–Trinajstić information content (AvgIpc) is 3.34. The van der Waals surface area contributed by atoms with Crippen LogP contribution in [0, 0.1) is 10.1 Å². The quantitative estimate of drug-likeness (QED) is 0.236. The van der Waals surface area contributed by atoms with Crippen molar-refractivity contribution in [2.75, 3.05) is 12.4 Å². The molecule has 3 aromatic carbocycles. The van der Waals surface area contributed by atoms with E-state index in [1.807, 2.05) is 0 Å². The van der Waals surface area contributed by atoms with Gasteiger partial charge in [-0.2, -0.15) is 18.3 Å². The molecule has 0 radical (unpaired) electrons. The van der Waals surface area contributed by atoms with Crippen LogP contribution < -0.4 is 14.8 Å². The summed E-state index contributed by atoms with van der Waals surface area (Å²) in [5.41, 5.74) is -0.154. The molecule has 0 aliphatic carbocycles. The van der Waals surface area contributed by atoms with Crippen molar-refractivity contribution in [3.8, 4) is 28.5 Å². The molecule has 0 fully saturated rings. The summed E-state index contributed by atoms with van der Waals surface area (Å²) in [5, 5.41) is 20.6. The number of non-ortho nitro benzene ring substituents is 1. The largest absolute Gasteiger partial charge is 0.497 e. The molecule has 0 aliphatic heterocycles. The number of nitrogens with zero attached hydrogens (tertiary/aromatic N) is 2. The van der Waals surface area contributed by atoms with E-state index in [4.69, 9.17) is 9.47 Å². The van der Waals surface area contributed by atoms with E-state index in [9.17, 15) is 28.1 Å². The highest BCUT2D eigenvalue weighted by Crippen LogP contribution is 2.34. The fourth-order valence-electron chi connectivity index (χ4n) is 3.26. The Morgan fingerprint density at radius 2 is 1.75 bits per heavy atom. The van der Waals surface area contributed by atoms with Crippen LogP contribution in [0.5, 0.6) is 17.2 Å². The summed E-state index contributed by atoms with van der Waals surface area (Å²) >= 11 is 0. The van der Waals surface area contributed by atoms with Crippen molar-refractivity contribution in [1.29, 1.82) is 0 Å². The summed E-state index contributed by atoms with van der Waals surface area (Å²) < 4.78 is 49.6. The molecule has 12 heteroatoms. The molecule has 0 unspecified atom stereocenters. The molecule has 4 aromatic rings. The van der Waals surface area contributed by atoms with Crippen molar-refractivity contribution < 1.29 is 32.4 Å². The Balaban J connectivity index is 1.57. The van der Waals surface area contributed by atoms with Gasteiger partial charge >= 0.3 is 6.18 Å². The molecule has 2 N–H and O–H groups in total. The second-order valence-corrected chi connectivity index (χ2v) is 7.45. The van der Waals surface area contributed by atoms with E-state index in [2.05, 4.69) is 15.5 Å². The normalized spacial score (nSPS) is 11.1. The highest BCUT2D eigenvalue weighted by atomic mass is 19.4. The number of hydrogen-bond donors (Lipinski definition) is 2. The average molecular weight is 498 g/mol. The maximum atomic E-state index is 13.0. The van der Waals surface area contributed by atoms with E-state index in [0.29, 0.717) is 17.0 Å². The standard InChI is InChI=1S/C24H17F3N4O5/c1-35-18-6-2-4-14(8-18)21-13-22(30-29-21)23(32)28-16-10-17(31(33)34)12-20(11-16)36-19-7-3-5-15(9-19)24(25,26)27/h2-13H,1H3,(H,28,32)(H,29,30). The number of nitro groups is 1. The van der Waals surface area contributed by atoms with Crippen LogP contribution in [0.1, 0.15) is 16.1 Å². The second-order valence-electron chi connectivity index (χ2n) is 7.45. The molecular weight excluding hydrogens is 481 g/mol. The lowest BCUT2D eigenvalue weighted by Crippen LogP contribution is -2.12. The summed E-state index contributed by atoms with van der Waals surface area (Å²) in [6, 6.07) is 16.0. The smallest absolute Gasteiger partial charge is 0.416 e. The van der Waals surface area contributed by atoms with Gasteiger partial charge in [0.1, 0.15) is 22.9 Å². The first-order valence-corrected chi connectivity index (χ1v) is 10.3. The third-order valence-electron chi connectivity index (χ3n) is 4.95. The van der Waals surface area contributed by atoms with Gasteiger partial charge in [0.2, 0.25) is 0 Å². The van der Waals surface area contributed by atoms with Gasteiger partial charge in [0.15, 0.2) is 0 Å². The first-order valence-electron chi connectivity index (χ1n) is 10.3. The van der Waals surface area contributed by atoms with Gasteiger partial charge in [0.05, 0.1) is 35.0 Å². The zero-order valence-corrected chi connectivity index (χ0v) is 18.5. The minimum atomic E-state index is -4.59. The number of methoxy groups -OCH3 is 1. The molecule has 1 amide bonds. The van der Waals surface area contributed by atoms with E-state index < -0.39 is 28.3 Å². The number of nitrogens with one attached hydrogen (secondary N) is 2. The highest BCUT2D eigenvalue weighted by Gasteiger charge is 2.30. The van der Waals surface area contributed by atoms with Gasteiger partial charge in [0, 0.05) is 17.7 Å². The van der Waals surface area contributed by atoms with Crippen LogP contribution in [0.15, 0.2) is 72.8 Å². The number of anilines is 1. The van der Waals surface area contributed by atoms with E-state index >= 15 is 0 Å². The van der Waals surface area contributed by atoms with Gasteiger partial charge in [0.25, 0.3) is 11.6 Å². The number of carbonyl (C=O) groups excluding carboxylic acids is 1. The molecular formula is C24H17F3N4O5. The van der Waals surface area contributed by atoms with Crippen LogP contribution in [0.25, 0.3) is 11.3 Å². The van der Waals surface area contributed by atoms with Crippen LogP contribution in [0.2, 0.25) is 0 Å². The third kappa shape index (κ3) is 5.60. The van der Waals surface area contributed by atoms with Gasteiger partial charge in [-0.15, -0.1) is 0 Å². The molecule has 1 heterocycles. The first kappa shape index (κ1) is 24.3. The van der Waals surface area contributed by atoms with Gasteiger partial charge < -0.3 is 14.8 Å². The highest BCUT2D eigenvalue weighted by molar-refractivity contribution is 6.03. The number of rotatable bonds is 7. The molecule has 0 aliphatic rings. The number of nitro benzene ring substituents is 1. The molecule has 0 atom stereocenters. The monoisotopic (exact) mass is 498 g/mol. The van der Waals surface area contributed by atoms with Crippen molar-refractivity contribution >= 4 is 17.3 Å².